The minimum Gasteiger partial charge on any atom is -0.508 e. The van der Waals surface area contributed by atoms with E-state index in [9.17, 15) is 25.5 Å². The van der Waals surface area contributed by atoms with E-state index in [2.05, 4.69) is 10.2 Å². The third kappa shape index (κ3) is 4.23. The van der Waals surface area contributed by atoms with E-state index in [0.29, 0.717) is 6.42 Å². The Morgan fingerprint density at radius 2 is 1.87 bits per heavy atom. The number of aryl methyl sites for hydroxylation is 3. The van der Waals surface area contributed by atoms with E-state index in [1.165, 1.54) is 0 Å². The maximum Gasteiger partial charge on any atom is 0.243 e. The van der Waals surface area contributed by atoms with Gasteiger partial charge in [0.2, 0.25) is 12.2 Å². The first-order chi connectivity index (χ1) is 14.9. The summed E-state index contributed by atoms with van der Waals surface area (Å²) in [5.74, 6) is 0.452. The monoisotopic (exact) mass is 430 g/mol. The number of phenolic OH excluding ortho intramolecular Hbond substituents is 1. The molecule has 1 aliphatic rings. The second-order valence-corrected chi connectivity index (χ2v) is 7.80. The molecular weight excluding hydrogens is 404 g/mol. The van der Waals surface area contributed by atoms with E-state index in [1.54, 1.807) is 6.07 Å². The van der Waals surface area contributed by atoms with Crippen molar-refractivity contribution < 1.29 is 35.0 Å². The van der Waals surface area contributed by atoms with Gasteiger partial charge in [-0.05, 0) is 48.6 Å². The van der Waals surface area contributed by atoms with Gasteiger partial charge in [-0.2, -0.15) is 0 Å². The molecule has 2 aromatic carbocycles. The molecular formula is C22H26N2O7. The second kappa shape index (κ2) is 8.81. The Morgan fingerprint density at radius 3 is 2.61 bits per heavy atom. The molecule has 0 spiro atoms. The van der Waals surface area contributed by atoms with Gasteiger partial charge in [-0.25, -0.2) is 0 Å². The van der Waals surface area contributed by atoms with E-state index in [4.69, 9.17) is 9.47 Å². The number of rotatable bonds is 6. The van der Waals surface area contributed by atoms with Crippen LogP contribution in [0.25, 0.3) is 10.9 Å². The van der Waals surface area contributed by atoms with Crippen molar-refractivity contribution in [1.29, 1.82) is 0 Å². The van der Waals surface area contributed by atoms with Crippen molar-refractivity contribution in [3.63, 3.8) is 0 Å². The molecule has 5 atom stereocenters. The SMILES string of the molecule is Cc1cc(CCc2cccc3[nH]nc(O[C@@H]4O[C@H](CO)[C@@H](O)[C@H](O)[C@H]4O)c23)ccc1O. The number of aliphatic hydroxyl groups is 4. The molecule has 6 N–H and O–H groups in total. The fourth-order valence-corrected chi connectivity index (χ4v) is 3.83. The van der Waals surface area contributed by atoms with Crippen molar-refractivity contribution in [1.82, 2.24) is 10.2 Å². The van der Waals surface area contributed by atoms with Gasteiger partial charge in [-0.3, -0.25) is 5.10 Å². The number of aromatic nitrogens is 2. The number of hydrogen-bond acceptors (Lipinski definition) is 8. The lowest BCUT2D eigenvalue weighted by atomic mass is 9.99. The zero-order valence-corrected chi connectivity index (χ0v) is 17.0. The van der Waals surface area contributed by atoms with Gasteiger partial charge in [-0.1, -0.05) is 24.3 Å². The van der Waals surface area contributed by atoms with Crippen LogP contribution in [0.4, 0.5) is 0 Å². The molecule has 0 saturated carbocycles. The number of H-pyrrole nitrogens is 1. The number of benzene rings is 2. The third-order valence-corrected chi connectivity index (χ3v) is 5.66. The van der Waals surface area contributed by atoms with Crippen LogP contribution in [0.1, 0.15) is 16.7 Å². The summed E-state index contributed by atoms with van der Waals surface area (Å²) < 4.78 is 11.2. The molecule has 1 aromatic heterocycles. The van der Waals surface area contributed by atoms with E-state index >= 15 is 0 Å². The molecule has 0 amide bonds. The summed E-state index contributed by atoms with van der Waals surface area (Å²) >= 11 is 0. The maximum atomic E-state index is 10.3. The summed E-state index contributed by atoms with van der Waals surface area (Å²) in [6, 6.07) is 11.2. The Balaban J connectivity index is 1.57. The lowest BCUT2D eigenvalue weighted by molar-refractivity contribution is -0.277. The standard InChI is InChI=1S/C22H26N2O7/c1-11-9-12(6-8-15(11)26)5-7-13-3-2-4-14-17(13)21(24-23-14)31-22-20(29)19(28)18(27)16(10-25)30-22/h2-4,6,8-9,16,18-20,22,25-29H,5,7,10H2,1H3,(H,23,24)/t16-,18-,19+,20-,22+/m1/s1. The largest absolute Gasteiger partial charge is 0.508 e. The molecule has 1 fully saturated rings. The number of fused-ring (bicyclic) bond motifs is 1. The zero-order chi connectivity index (χ0) is 22.1. The van der Waals surface area contributed by atoms with Crippen molar-refractivity contribution in [3.05, 3.63) is 53.1 Å². The molecule has 0 aliphatic carbocycles. The highest BCUT2D eigenvalue weighted by Gasteiger charge is 2.45. The fraction of sp³-hybridized carbons (Fsp3) is 0.409. The van der Waals surface area contributed by atoms with Crippen LogP contribution in [-0.2, 0) is 17.6 Å². The van der Waals surface area contributed by atoms with Gasteiger partial charge in [0.15, 0.2) is 0 Å². The second-order valence-electron chi connectivity index (χ2n) is 7.80. The topological polar surface area (TPSA) is 148 Å². The molecule has 31 heavy (non-hydrogen) atoms. The summed E-state index contributed by atoms with van der Waals surface area (Å²) in [7, 11) is 0. The highest BCUT2D eigenvalue weighted by Crippen LogP contribution is 2.31. The zero-order valence-electron chi connectivity index (χ0n) is 17.0. The molecule has 0 radical (unpaired) electrons. The van der Waals surface area contributed by atoms with E-state index in [1.807, 2.05) is 37.3 Å². The number of aromatic hydroxyl groups is 1. The third-order valence-electron chi connectivity index (χ3n) is 5.66. The van der Waals surface area contributed by atoms with Gasteiger partial charge >= 0.3 is 0 Å². The Labute approximate surface area is 178 Å². The van der Waals surface area contributed by atoms with Crippen molar-refractivity contribution >= 4 is 10.9 Å². The summed E-state index contributed by atoms with van der Waals surface area (Å²) in [5, 5.41) is 57.1. The number of hydrogen-bond donors (Lipinski definition) is 6. The summed E-state index contributed by atoms with van der Waals surface area (Å²) in [5.41, 5.74) is 3.58. The van der Waals surface area contributed by atoms with Gasteiger partial charge < -0.3 is 35.0 Å². The summed E-state index contributed by atoms with van der Waals surface area (Å²) in [6.45, 7) is 1.31. The van der Waals surface area contributed by atoms with Gasteiger partial charge in [0, 0.05) is 0 Å². The van der Waals surface area contributed by atoms with Crippen LogP contribution in [0.2, 0.25) is 0 Å². The Kier molecular flexibility index (Phi) is 6.12. The molecule has 2 heterocycles. The molecule has 166 valence electrons. The van der Waals surface area contributed by atoms with Crippen LogP contribution in [0.3, 0.4) is 0 Å². The molecule has 4 rings (SSSR count). The number of phenols is 1. The highest BCUT2D eigenvalue weighted by molar-refractivity contribution is 5.87. The molecule has 1 aliphatic heterocycles. The normalized spacial score (nSPS) is 26.3. The number of nitrogens with one attached hydrogen (secondary N) is 1. The summed E-state index contributed by atoms with van der Waals surface area (Å²) in [6.07, 6.45) is -5.48. The van der Waals surface area contributed by atoms with Crippen molar-refractivity contribution in [2.75, 3.05) is 6.61 Å². The summed E-state index contributed by atoms with van der Waals surface area (Å²) in [4.78, 5) is 0. The van der Waals surface area contributed by atoms with Crippen LogP contribution in [0.15, 0.2) is 36.4 Å². The predicted octanol–water partition coefficient (Wildman–Crippen LogP) is 0.541. The van der Waals surface area contributed by atoms with Gasteiger partial charge in [0.05, 0.1) is 17.5 Å². The van der Waals surface area contributed by atoms with Gasteiger partial charge in [-0.15, -0.1) is 5.10 Å². The first-order valence-corrected chi connectivity index (χ1v) is 10.1. The molecule has 3 aromatic rings. The van der Waals surface area contributed by atoms with Gasteiger partial charge in [0.25, 0.3) is 0 Å². The van der Waals surface area contributed by atoms with E-state index < -0.39 is 37.3 Å². The quantitative estimate of drug-likeness (QED) is 0.332. The minimum atomic E-state index is -1.53. The molecule has 0 unspecified atom stereocenters. The first-order valence-electron chi connectivity index (χ1n) is 10.1. The Hall–Kier alpha value is -2.69. The Bertz CT molecular complexity index is 1050. The van der Waals surface area contributed by atoms with Crippen LogP contribution in [-0.4, -0.2) is 73.0 Å². The lowest BCUT2D eigenvalue weighted by Crippen LogP contribution is -2.60. The number of aliphatic hydroxyl groups excluding tert-OH is 4. The molecule has 9 nitrogen and oxygen atoms in total. The van der Waals surface area contributed by atoms with Crippen molar-refractivity contribution in [2.45, 2.75) is 50.5 Å². The maximum absolute atomic E-state index is 10.3. The smallest absolute Gasteiger partial charge is 0.243 e. The first kappa shape index (κ1) is 21.5. The van der Waals surface area contributed by atoms with E-state index in [0.717, 1.165) is 34.0 Å². The number of nitrogens with zero attached hydrogens (tertiary/aromatic N) is 1. The predicted molar refractivity (Wildman–Crippen MR) is 111 cm³/mol. The lowest BCUT2D eigenvalue weighted by Gasteiger charge is -2.39. The fourth-order valence-electron chi connectivity index (χ4n) is 3.83. The molecule has 1 saturated heterocycles. The minimum absolute atomic E-state index is 0.191. The van der Waals surface area contributed by atoms with Crippen LogP contribution >= 0.6 is 0 Å². The average molecular weight is 430 g/mol. The van der Waals surface area contributed by atoms with Crippen molar-refractivity contribution in [3.8, 4) is 11.6 Å². The Morgan fingerprint density at radius 1 is 1.06 bits per heavy atom. The van der Waals surface area contributed by atoms with Gasteiger partial charge in [0.1, 0.15) is 30.2 Å². The highest BCUT2D eigenvalue weighted by atomic mass is 16.7. The van der Waals surface area contributed by atoms with Crippen LogP contribution in [0, 0.1) is 6.92 Å². The number of aromatic amines is 1. The average Bonchev–Trinajstić information content (AvgIpc) is 3.18. The van der Waals surface area contributed by atoms with Crippen LogP contribution in [0.5, 0.6) is 11.6 Å². The van der Waals surface area contributed by atoms with Crippen molar-refractivity contribution in [2.24, 2.45) is 0 Å². The molecule has 0 bridgehead atoms. The van der Waals surface area contributed by atoms with E-state index in [-0.39, 0.29) is 11.6 Å². The molecule has 9 heteroatoms. The number of ether oxygens (including phenoxy) is 2. The van der Waals surface area contributed by atoms with Crippen LogP contribution < -0.4 is 4.74 Å².